The molecular formula is C21H36N6O3. The Morgan fingerprint density at radius 3 is 1.00 bits per heavy atom. The quantitative estimate of drug-likeness (QED) is 0.515. The normalized spacial score (nSPS) is 10.6. The van der Waals surface area contributed by atoms with Crippen molar-refractivity contribution in [1.29, 1.82) is 0 Å². The molecule has 1 aromatic rings. The van der Waals surface area contributed by atoms with Gasteiger partial charge in [-0.1, -0.05) is 40.0 Å². The molecule has 0 atom stereocenters. The van der Waals surface area contributed by atoms with Crippen molar-refractivity contribution in [3.8, 4) is 0 Å². The average molecular weight is 421 g/mol. The molecule has 1 heterocycles. The molecule has 168 valence electrons. The number of unbranched alkanes of at least 4 members (excludes halogenated alkanes) is 3. The third-order valence-corrected chi connectivity index (χ3v) is 4.79. The van der Waals surface area contributed by atoms with Crippen LogP contribution in [-0.4, -0.2) is 88.2 Å². The zero-order valence-electron chi connectivity index (χ0n) is 19.3. The first-order chi connectivity index (χ1) is 14.3. The second-order valence-electron chi connectivity index (χ2n) is 7.55. The van der Waals surface area contributed by atoms with E-state index in [1.165, 1.54) is 14.7 Å². The predicted octanol–water partition coefficient (Wildman–Crippen LogP) is 2.49. The zero-order valence-corrected chi connectivity index (χ0v) is 19.3. The first-order valence-corrected chi connectivity index (χ1v) is 10.8. The summed E-state index contributed by atoms with van der Waals surface area (Å²) in [6.07, 6.45) is 5.32. The molecule has 0 aliphatic carbocycles. The van der Waals surface area contributed by atoms with E-state index in [9.17, 15) is 14.4 Å². The number of carbonyl (C=O) groups is 3. The van der Waals surface area contributed by atoms with Crippen molar-refractivity contribution in [3.63, 3.8) is 0 Å². The molecule has 0 N–H and O–H groups in total. The Hall–Kier alpha value is -2.58. The van der Waals surface area contributed by atoms with Crippen molar-refractivity contribution in [1.82, 2.24) is 29.7 Å². The Kier molecular flexibility index (Phi) is 10.9. The minimum absolute atomic E-state index is 0.178. The highest BCUT2D eigenvalue weighted by molar-refractivity contribution is 5.97. The summed E-state index contributed by atoms with van der Waals surface area (Å²) in [5.74, 6) is -1.82. The van der Waals surface area contributed by atoms with Gasteiger partial charge in [-0.15, -0.1) is 0 Å². The molecule has 0 aromatic carbocycles. The van der Waals surface area contributed by atoms with Gasteiger partial charge in [-0.05, 0) is 19.3 Å². The molecule has 9 nitrogen and oxygen atoms in total. The van der Waals surface area contributed by atoms with Crippen LogP contribution in [0.2, 0.25) is 0 Å². The molecule has 0 unspecified atom stereocenters. The molecule has 3 amide bonds. The monoisotopic (exact) mass is 420 g/mol. The van der Waals surface area contributed by atoms with Gasteiger partial charge in [-0.25, -0.2) is 0 Å². The van der Waals surface area contributed by atoms with Crippen LogP contribution in [0.1, 0.15) is 91.2 Å². The van der Waals surface area contributed by atoms with Crippen molar-refractivity contribution in [2.24, 2.45) is 0 Å². The lowest BCUT2D eigenvalue weighted by atomic mass is 10.3. The molecule has 9 heteroatoms. The van der Waals surface area contributed by atoms with Crippen LogP contribution < -0.4 is 0 Å². The van der Waals surface area contributed by atoms with Crippen molar-refractivity contribution < 1.29 is 14.4 Å². The average Bonchev–Trinajstić information content (AvgIpc) is 2.77. The van der Waals surface area contributed by atoms with E-state index in [-0.39, 0.29) is 17.5 Å². The minimum atomic E-state index is -0.429. The second-order valence-corrected chi connectivity index (χ2v) is 7.55. The molecule has 0 saturated carbocycles. The SMILES string of the molecule is CCCCN(C)C(=O)c1nc(C(=O)N(C)CCCC)nc(C(=O)N(C)CCCC)n1. The Bertz CT molecular complexity index is 617. The van der Waals surface area contributed by atoms with Crippen LogP contribution in [0.15, 0.2) is 0 Å². The van der Waals surface area contributed by atoms with Crippen LogP contribution in [0.25, 0.3) is 0 Å². The number of amides is 3. The maximum absolute atomic E-state index is 12.8. The van der Waals surface area contributed by atoms with Gasteiger partial charge in [0.15, 0.2) is 0 Å². The fraction of sp³-hybridized carbons (Fsp3) is 0.714. The Morgan fingerprint density at radius 1 is 0.567 bits per heavy atom. The highest BCUT2D eigenvalue weighted by Gasteiger charge is 2.25. The number of hydrogen-bond acceptors (Lipinski definition) is 6. The van der Waals surface area contributed by atoms with Crippen molar-refractivity contribution in [2.45, 2.75) is 59.3 Å². The molecule has 0 radical (unpaired) electrons. The van der Waals surface area contributed by atoms with E-state index in [4.69, 9.17) is 0 Å². The largest absolute Gasteiger partial charge is 0.339 e. The maximum Gasteiger partial charge on any atom is 0.291 e. The van der Waals surface area contributed by atoms with Gasteiger partial charge < -0.3 is 14.7 Å². The third-order valence-electron chi connectivity index (χ3n) is 4.79. The van der Waals surface area contributed by atoms with Gasteiger partial charge >= 0.3 is 0 Å². The highest BCUT2D eigenvalue weighted by atomic mass is 16.2. The molecule has 30 heavy (non-hydrogen) atoms. The summed E-state index contributed by atoms with van der Waals surface area (Å²) in [4.78, 5) is 55.3. The summed E-state index contributed by atoms with van der Waals surface area (Å²) >= 11 is 0. The summed E-state index contributed by atoms with van der Waals surface area (Å²) in [6, 6.07) is 0. The first kappa shape index (κ1) is 25.5. The number of carbonyl (C=O) groups excluding carboxylic acids is 3. The standard InChI is InChI=1S/C21H36N6O3/c1-7-10-13-25(4)19(28)16-22-17(20(29)26(5)14-11-8-2)24-18(23-16)21(30)27(6)15-12-9-3/h7-15H2,1-6H3. The van der Waals surface area contributed by atoms with Gasteiger partial charge in [0.25, 0.3) is 17.7 Å². The topological polar surface area (TPSA) is 99.6 Å². The molecule has 0 spiro atoms. The van der Waals surface area contributed by atoms with Crippen molar-refractivity contribution in [2.75, 3.05) is 40.8 Å². The molecule has 1 rings (SSSR count). The van der Waals surface area contributed by atoms with Gasteiger partial charge in [-0.2, -0.15) is 15.0 Å². The maximum atomic E-state index is 12.8. The summed E-state index contributed by atoms with van der Waals surface area (Å²) in [5, 5.41) is 0. The van der Waals surface area contributed by atoms with Crippen LogP contribution in [0.4, 0.5) is 0 Å². The lowest BCUT2D eigenvalue weighted by molar-refractivity contribution is 0.0760. The van der Waals surface area contributed by atoms with Gasteiger partial charge in [0.05, 0.1) is 0 Å². The van der Waals surface area contributed by atoms with Gasteiger partial charge in [0.2, 0.25) is 17.5 Å². The molecule has 0 bridgehead atoms. The molecular weight excluding hydrogens is 384 g/mol. The van der Waals surface area contributed by atoms with Crippen molar-refractivity contribution >= 4 is 17.7 Å². The molecule has 0 saturated heterocycles. The minimum Gasteiger partial charge on any atom is -0.339 e. The summed E-state index contributed by atoms with van der Waals surface area (Å²) in [7, 11) is 4.97. The number of hydrogen-bond donors (Lipinski definition) is 0. The van der Waals surface area contributed by atoms with E-state index in [0.717, 1.165) is 38.5 Å². The molecule has 0 fully saturated rings. The van der Waals surface area contributed by atoms with Crippen LogP contribution >= 0.6 is 0 Å². The van der Waals surface area contributed by atoms with E-state index in [1.807, 2.05) is 20.8 Å². The van der Waals surface area contributed by atoms with Crippen LogP contribution in [0, 0.1) is 0 Å². The Labute approximate surface area is 179 Å². The third kappa shape index (κ3) is 7.35. The summed E-state index contributed by atoms with van der Waals surface area (Å²) in [6.45, 7) is 7.73. The van der Waals surface area contributed by atoms with Crippen LogP contribution in [0.5, 0.6) is 0 Å². The van der Waals surface area contributed by atoms with E-state index >= 15 is 0 Å². The molecule has 0 aliphatic heterocycles. The molecule has 1 aromatic heterocycles. The Morgan fingerprint density at radius 2 is 0.800 bits per heavy atom. The highest BCUT2D eigenvalue weighted by Crippen LogP contribution is 2.07. The smallest absolute Gasteiger partial charge is 0.291 e. The Balaban J connectivity index is 3.28. The fourth-order valence-corrected chi connectivity index (χ4v) is 2.67. The first-order valence-electron chi connectivity index (χ1n) is 10.8. The van der Waals surface area contributed by atoms with E-state index < -0.39 is 17.7 Å². The van der Waals surface area contributed by atoms with E-state index in [2.05, 4.69) is 15.0 Å². The zero-order chi connectivity index (χ0) is 22.7. The predicted molar refractivity (Wildman–Crippen MR) is 115 cm³/mol. The van der Waals surface area contributed by atoms with Crippen molar-refractivity contribution in [3.05, 3.63) is 17.5 Å². The summed E-state index contributed by atoms with van der Waals surface area (Å²) in [5.41, 5.74) is 0. The fourth-order valence-electron chi connectivity index (χ4n) is 2.67. The molecule has 0 aliphatic rings. The lowest BCUT2D eigenvalue weighted by Gasteiger charge is -2.19. The van der Waals surface area contributed by atoms with Gasteiger partial charge in [0, 0.05) is 40.8 Å². The van der Waals surface area contributed by atoms with Gasteiger partial charge in [0.1, 0.15) is 0 Å². The lowest BCUT2D eigenvalue weighted by Crippen LogP contribution is -2.36. The van der Waals surface area contributed by atoms with Crippen LogP contribution in [0.3, 0.4) is 0 Å². The summed E-state index contributed by atoms with van der Waals surface area (Å²) < 4.78 is 0. The number of nitrogens with zero attached hydrogens (tertiary/aromatic N) is 6. The number of rotatable bonds is 12. The number of aromatic nitrogens is 3. The van der Waals surface area contributed by atoms with E-state index in [0.29, 0.717) is 19.6 Å². The second kappa shape index (κ2) is 12.9. The van der Waals surface area contributed by atoms with E-state index in [1.54, 1.807) is 21.1 Å². The van der Waals surface area contributed by atoms with Crippen LogP contribution in [-0.2, 0) is 0 Å². The van der Waals surface area contributed by atoms with Gasteiger partial charge in [-0.3, -0.25) is 14.4 Å².